The highest BCUT2D eigenvalue weighted by atomic mass is 16.5. The Morgan fingerprint density at radius 2 is 2.28 bits per heavy atom. The van der Waals surface area contributed by atoms with Gasteiger partial charge in [0.15, 0.2) is 5.69 Å². The largest absolute Gasteiger partial charge is 0.465 e. The fourth-order valence-electron chi connectivity index (χ4n) is 1.56. The number of carbonyl (C=O) groups excluding carboxylic acids is 1. The molecule has 1 aromatic heterocycles. The molecule has 0 saturated carbocycles. The summed E-state index contributed by atoms with van der Waals surface area (Å²) >= 11 is 0. The third-order valence-corrected chi connectivity index (χ3v) is 2.51. The number of rotatable bonds is 2. The lowest BCUT2D eigenvalue weighted by Gasteiger charge is -2.05. The SMILES string of the molecule is COC(=O)c1cccc(-n2nnc(C#N)c2C)c1. The van der Waals surface area contributed by atoms with E-state index in [4.69, 9.17) is 5.26 Å². The molecule has 0 saturated heterocycles. The van der Waals surface area contributed by atoms with E-state index in [0.29, 0.717) is 16.9 Å². The van der Waals surface area contributed by atoms with Crippen molar-refractivity contribution in [3.05, 3.63) is 41.2 Å². The van der Waals surface area contributed by atoms with Gasteiger partial charge in [0.05, 0.1) is 24.1 Å². The van der Waals surface area contributed by atoms with Crippen LogP contribution >= 0.6 is 0 Å². The van der Waals surface area contributed by atoms with E-state index in [1.54, 1.807) is 31.2 Å². The van der Waals surface area contributed by atoms with E-state index in [-0.39, 0.29) is 5.69 Å². The number of aromatic nitrogens is 3. The molecular weight excluding hydrogens is 232 g/mol. The van der Waals surface area contributed by atoms with Crippen molar-refractivity contribution in [2.45, 2.75) is 6.92 Å². The van der Waals surface area contributed by atoms with E-state index in [1.165, 1.54) is 11.8 Å². The molecule has 1 aromatic carbocycles. The molecule has 90 valence electrons. The molecule has 0 aliphatic heterocycles. The van der Waals surface area contributed by atoms with Crippen molar-refractivity contribution in [1.82, 2.24) is 15.0 Å². The summed E-state index contributed by atoms with van der Waals surface area (Å²) in [5.41, 5.74) is 1.96. The van der Waals surface area contributed by atoms with Crippen LogP contribution in [0.5, 0.6) is 0 Å². The second-order valence-electron chi connectivity index (χ2n) is 3.59. The van der Waals surface area contributed by atoms with Crippen LogP contribution in [0.3, 0.4) is 0 Å². The molecule has 0 bridgehead atoms. The molecule has 0 unspecified atom stereocenters. The molecule has 0 fully saturated rings. The summed E-state index contributed by atoms with van der Waals surface area (Å²) in [5, 5.41) is 16.4. The Hall–Kier alpha value is -2.68. The van der Waals surface area contributed by atoms with Crippen LogP contribution in [0, 0.1) is 18.3 Å². The van der Waals surface area contributed by atoms with Crippen molar-refractivity contribution < 1.29 is 9.53 Å². The first-order valence-corrected chi connectivity index (χ1v) is 5.18. The van der Waals surface area contributed by atoms with E-state index in [9.17, 15) is 4.79 Å². The fourth-order valence-corrected chi connectivity index (χ4v) is 1.56. The zero-order valence-electron chi connectivity index (χ0n) is 9.91. The average molecular weight is 242 g/mol. The van der Waals surface area contributed by atoms with Crippen molar-refractivity contribution in [3.63, 3.8) is 0 Å². The Bertz CT molecular complexity index is 640. The van der Waals surface area contributed by atoms with Gasteiger partial charge in [0.1, 0.15) is 6.07 Å². The lowest BCUT2D eigenvalue weighted by molar-refractivity contribution is 0.0600. The molecule has 18 heavy (non-hydrogen) atoms. The number of esters is 1. The van der Waals surface area contributed by atoms with Crippen LogP contribution in [0.2, 0.25) is 0 Å². The van der Waals surface area contributed by atoms with E-state index in [1.807, 2.05) is 6.07 Å². The zero-order valence-corrected chi connectivity index (χ0v) is 9.91. The summed E-state index contributed by atoms with van der Waals surface area (Å²) in [6.45, 7) is 1.74. The van der Waals surface area contributed by atoms with Gasteiger partial charge in [-0.1, -0.05) is 11.3 Å². The van der Waals surface area contributed by atoms with Crippen molar-refractivity contribution in [2.75, 3.05) is 7.11 Å². The standard InChI is InChI=1S/C12H10N4O2/c1-8-11(7-13)14-15-16(8)10-5-3-4-9(6-10)12(17)18-2/h3-6H,1-2H3. The minimum Gasteiger partial charge on any atom is -0.465 e. The molecule has 0 atom stereocenters. The van der Waals surface area contributed by atoms with Gasteiger partial charge in [-0.25, -0.2) is 9.48 Å². The van der Waals surface area contributed by atoms with Gasteiger partial charge < -0.3 is 4.74 Å². The average Bonchev–Trinajstić information content (AvgIpc) is 2.79. The van der Waals surface area contributed by atoms with Crippen LogP contribution in [-0.2, 0) is 4.74 Å². The van der Waals surface area contributed by atoms with Gasteiger partial charge in [0, 0.05) is 0 Å². The number of nitriles is 1. The van der Waals surface area contributed by atoms with Crippen LogP contribution in [0.4, 0.5) is 0 Å². The van der Waals surface area contributed by atoms with Gasteiger partial charge in [0.2, 0.25) is 0 Å². The number of nitrogens with zero attached hydrogens (tertiary/aromatic N) is 4. The molecule has 6 nitrogen and oxygen atoms in total. The molecule has 0 radical (unpaired) electrons. The van der Waals surface area contributed by atoms with Crippen LogP contribution in [0.1, 0.15) is 21.7 Å². The minimum absolute atomic E-state index is 0.262. The smallest absolute Gasteiger partial charge is 0.337 e. The summed E-state index contributed by atoms with van der Waals surface area (Å²) in [6, 6.07) is 8.72. The normalized spacial score (nSPS) is 9.83. The van der Waals surface area contributed by atoms with E-state index < -0.39 is 5.97 Å². The van der Waals surface area contributed by atoms with E-state index >= 15 is 0 Å². The molecule has 0 aliphatic carbocycles. The van der Waals surface area contributed by atoms with Crippen LogP contribution in [0.15, 0.2) is 24.3 Å². The number of ether oxygens (including phenoxy) is 1. The van der Waals surface area contributed by atoms with Crippen molar-refractivity contribution in [3.8, 4) is 11.8 Å². The molecule has 0 N–H and O–H groups in total. The Labute approximate surface area is 103 Å². The molecule has 2 aromatic rings. The summed E-state index contributed by atoms with van der Waals surface area (Å²) in [5.74, 6) is -0.421. The Kier molecular flexibility index (Phi) is 3.06. The Morgan fingerprint density at radius 3 is 2.89 bits per heavy atom. The number of methoxy groups -OCH3 is 1. The van der Waals surface area contributed by atoms with Gasteiger partial charge in [-0.2, -0.15) is 5.26 Å². The second kappa shape index (κ2) is 4.67. The van der Waals surface area contributed by atoms with Crippen molar-refractivity contribution in [1.29, 1.82) is 5.26 Å². The minimum atomic E-state index is -0.421. The number of hydrogen-bond acceptors (Lipinski definition) is 5. The Morgan fingerprint density at radius 1 is 1.50 bits per heavy atom. The summed E-state index contributed by atoms with van der Waals surface area (Å²) in [6.07, 6.45) is 0. The van der Waals surface area contributed by atoms with Gasteiger partial charge in [-0.15, -0.1) is 5.10 Å². The molecule has 0 aliphatic rings. The lowest BCUT2D eigenvalue weighted by atomic mass is 10.2. The lowest BCUT2D eigenvalue weighted by Crippen LogP contribution is -2.04. The first kappa shape index (κ1) is 11.8. The first-order valence-electron chi connectivity index (χ1n) is 5.18. The third-order valence-electron chi connectivity index (χ3n) is 2.51. The molecule has 0 spiro atoms. The zero-order chi connectivity index (χ0) is 13.1. The van der Waals surface area contributed by atoms with Gasteiger partial charge in [-0.3, -0.25) is 0 Å². The highest BCUT2D eigenvalue weighted by Crippen LogP contribution is 2.14. The highest BCUT2D eigenvalue weighted by molar-refractivity contribution is 5.89. The highest BCUT2D eigenvalue weighted by Gasteiger charge is 2.11. The molecule has 6 heteroatoms. The predicted molar refractivity (Wildman–Crippen MR) is 62.2 cm³/mol. The van der Waals surface area contributed by atoms with Crippen LogP contribution in [-0.4, -0.2) is 28.1 Å². The second-order valence-corrected chi connectivity index (χ2v) is 3.59. The Balaban J connectivity index is 2.48. The number of hydrogen-bond donors (Lipinski definition) is 0. The molecule has 2 rings (SSSR count). The van der Waals surface area contributed by atoms with Crippen LogP contribution < -0.4 is 0 Å². The molecular formula is C12H10N4O2. The topological polar surface area (TPSA) is 80.8 Å². The van der Waals surface area contributed by atoms with Gasteiger partial charge >= 0.3 is 5.97 Å². The number of benzene rings is 1. The molecule has 0 amide bonds. The summed E-state index contributed by atoms with van der Waals surface area (Å²) in [7, 11) is 1.32. The van der Waals surface area contributed by atoms with Crippen LogP contribution in [0.25, 0.3) is 5.69 Å². The predicted octanol–water partition coefficient (Wildman–Crippen LogP) is 1.23. The van der Waals surface area contributed by atoms with Gasteiger partial charge in [0.25, 0.3) is 0 Å². The summed E-state index contributed by atoms with van der Waals surface area (Å²) < 4.78 is 6.15. The fraction of sp³-hybridized carbons (Fsp3) is 0.167. The van der Waals surface area contributed by atoms with E-state index in [2.05, 4.69) is 15.0 Å². The monoisotopic (exact) mass is 242 g/mol. The summed E-state index contributed by atoms with van der Waals surface area (Å²) in [4.78, 5) is 11.4. The maximum atomic E-state index is 11.4. The third kappa shape index (κ3) is 1.94. The first-order chi connectivity index (χ1) is 8.67. The molecule has 1 heterocycles. The van der Waals surface area contributed by atoms with Crippen molar-refractivity contribution in [2.24, 2.45) is 0 Å². The van der Waals surface area contributed by atoms with Crippen molar-refractivity contribution >= 4 is 5.97 Å². The maximum Gasteiger partial charge on any atom is 0.337 e. The van der Waals surface area contributed by atoms with Gasteiger partial charge in [-0.05, 0) is 25.1 Å². The van der Waals surface area contributed by atoms with E-state index in [0.717, 1.165) is 0 Å². The maximum absolute atomic E-state index is 11.4. The number of carbonyl (C=O) groups is 1. The quantitative estimate of drug-likeness (QED) is 0.740.